The Labute approximate surface area is 79.0 Å². The van der Waals surface area contributed by atoms with Gasteiger partial charge in [0.05, 0.1) is 13.5 Å². The molecule has 0 atom stereocenters. The second-order valence-electron chi connectivity index (χ2n) is 3.19. The normalized spacial score (nSPS) is 9.92. The number of carbonyl (C=O) groups excluding carboxylic acids is 1. The second kappa shape index (κ2) is 5.49. The van der Waals surface area contributed by atoms with Crippen LogP contribution in [0.3, 0.4) is 0 Å². The van der Waals surface area contributed by atoms with Crippen molar-refractivity contribution >= 4 is 5.91 Å². The fraction of sp³-hybridized carbons (Fsp3) is 0.364. The summed E-state index contributed by atoms with van der Waals surface area (Å²) in [6.45, 7) is 2.49. The van der Waals surface area contributed by atoms with Crippen molar-refractivity contribution in [1.29, 1.82) is 0 Å². The zero-order valence-electron chi connectivity index (χ0n) is 7.99. The Bertz CT molecular complexity index is 256. The molecule has 0 aliphatic heterocycles. The minimum atomic E-state index is 0.174. The van der Waals surface area contributed by atoms with Gasteiger partial charge in [-0.3, -0.25) is 5.32 Å². The zero-order chi connectivity index (χ0) is 9.52. The minimum absolute atomic E-state index is 0.174. The summed E-state index contributed by atoms with van der Waals surface area (Å²) >= 11 is 0. The van der Waals surface area contributed by atoms with Crippen molar-refractivity contribution in [2.24, 2.45) is 0 Å². The number of aryl methyl sites for hydroxylation is 1. The van der Waals surface area contributed by atoms with Gasteiger partial charge in [0.25, 0.3) is 0 Å². The molecule has 0 unspecified atom stereocenters. The third-order valence-corrected chi connectivity index (χ3v) is 1.94. The molecule has 13 heavy (non-hydrogen) atoms. The highest BCUT2D eigenvalue weighted by atomic mass is 16.1. The zero-order valence-corrected chi connectivity index (χ0v) is 7.99. The van der Waals surface area contributed by atoms with Gasteiger partial charge in [0.2, 0.25) is 0 Å². The fourth-order valence-corrected chi connectivity index (χ4v) is 1.26. The van der Waals surface area contributed by atoms with Crippen molar-refractivity contribution in [1.82, 2.24) is 0 Å². The first-order chi connectivity index (χ1) is 6.29. The van der Waals surface area contributed by atoms with Crippen molar-refractivity contribution in [2.75, 3.05) is 6.54 Å². The Hall–Kier alpha value is -1.15. The summed E-state index contributed by atoms with van der Waals surface area (Å²) in [5, 5.41) is 1.75. The maximum absolute atomic E-state index is 10.6. The van der Waals surface area contributed by atoms with Gasteiger partial charge in [0.15, 0.2) is 0 Å². The van der Waals surface area contributed by atoms with E-state index in [0.29, 0.717) is 0 Å². The largest absolute Gasteiger partial charge is 0.307 e. The van der Waals surface area contributed by atoms with Crippen LogP contribution in [0, 0.1) is 0 Å². The third kappa shape index (κ3) is 4.43. The first-order valence-corrected chi connectivity index (χ1v) is 4.67. The average Bonchev–Trinajstić information content (AvgIpc) is 2.14. The van der Waals surface area contributed by atoms with Crippen molar-refractivity contribution in [3.8, 4) is 0 Å². The first kappa shape index (κ1) is 9.93. The summed E-state index contributed by atoms with van der Waals surface area (Å²) in [5.74, 6) is 0.174. The number of hydrogen-bond donors (Lipinski definition) is 1. The fourth-order valence-electron chi connectivity index (χ4n) is 1.26. The molecule has 0 saturated carbocycles. The Kier molecular flexibility index (Phi) is 4.19. The van der Waals surface area contributed by atoms with Crippen LogP contribution in [0.1, 0.15) is 18.9 Å². The van der Waals surface area contributed by atoms with Crippen LogP contribution in [0.5, 0.6) is 0 Å². The monoisotopic (exact) mass is 178 g/mol. The molecule has 2 heteroatoms. The molecule has 1 amide bonds. The summed E-state index contributed by atoms with van der Waals surface area (Å²) in [7, 11) is 0. The summed E-state index contributed by atoms with van der Waals surface area (Å²) in [4.78, 5) is 10.6. The second-order valence-corrected chi connectivity index (χ2v) is 3.19. The number of nitrogens with two attached hydrogens (primary N) is 1. The van der Waals surface area contributed by atoms with Crippen LogP contribution >= 0.6 is 0 Å². The van der Waals surface area contributed by atoms with E-state index in [9.17, 15) is 4.79 Å². The topological polar surface area (TPSA) is 33.7 Å². The molecule has 1 rings (SSSR count). The molecule has 0 fully saturated rings. The molecule has 0 heterocycles. The predicted octanol–water partition coefficient (Wildman–Crippen LogP) is 0.729. The van der Waals surface area contributed by atoms with Gasteiger partial charge in [-0.05, 0) is 12.0 Å². The van der Waals surface area contributed by atoms with E-state index in [0.717, 1.165) is 19.4 Å². The summed E-state index contributed by atoms with van der Waals surface area (Å²) < 4.78 is 0. The lowest BCUT2D eigenvalue weighted by molar-refractivity contribution is -0.567. The van der Waals surface area contributed by atoms with E-state index >= 15 is 0 Å². The van der Waals surface area contributed by atoms with Crippen molar-refractivity contribution < 1.29 is 10.1 Å². The van der Waals surface area contributed by atoms with E-state index in [-0.39, 0.29) is 5.91 Å². The van der Waals surface area contributed by atoms with Crippen LogP contribution in [-0.2, 0) is 11.2 Å². The number of rotatable bonds is 4. The molecule has 0 aromatic heterocycles. The molecule has 0 radical (unpaired) electrons. The SMILES string of the molecule is CC(=O)[NH2+]CCCc1ccccc1. The third-order valence-electron chi connectivity index (χ3n) is 1.94. The number of benzene rings is 1. The van der Waals surface area contributed by atoms with E-state index < -0.39 is 0 Å². The maximum atomic E-state index is 10.6. The quantitative estimate of drug-likeness (QED) is 0.677. The van der Waals surface area contributed by atoms with Gasteiger partial charge in [0, 0.05) is 6.42 Å². The molecule has 70 valence electrons. The van der Waals surface area contributed by atoms with E-state index in [4.69, 9.17) is 0 Å². The van der Waals surface area contributed by atoms with Crippen LogP contribution in [0.15, 0.2) is 30.3 Å². The van der Waals surface area contributed by atoms with Gasteiger partial charge < -0.3 is 0 Å². The summed E-state index contributed by atoms with van der Waals surface area (Å²) in [6.07, 6.45) is 2.12. The minimum Gasteiger partial charge on any atom is -0.283 e. The Morgan fingerprint density at radius 3 is 2.62 bits per heavy atom. The Morgan fingerprint density at radius 1 is 1.31 bits per heavy atom. The van der Waals surface area contributed by atoms with E-state index in [2.05, 4.69) is 12.1 Å². The Morgan fingerprint density at radius 2 is 2.00 bits per heavy atom. The van der Waals surface area contributed by atoms with Gasteiger partial charge in [-0.15, -0.1) is 0 Å². The molecule has 2 nitrogen and oxygen atoms in total. The van der Waals surface area contributed by atoms with Crippen LogP contribution in [0.2, 0.25) is 0 Å². The molecule has 0 saturated heterocycles. The number of primary amides is 1. The molecule has 1 aromatic rings. The number of amides is 1. The van der Waals surface area contributed by atoms with Crippen LogP contribution in [0.25, 0.3) is 0 Å². The van der Waals surface area contributed by atoms with Crippen molar-refractivity contribution in [3.63, 3.8) is 0 Å². The average molecular weight is 178 g/mol. The lowest BCUT2D eigenvalue weighted by Crippen LogP contribution is -2.87. The highest BCUT2D eigenvalue weighted by Crippen LogP contribution is 2.00. The highest BCUT2D eigenvalue weighted by Gasteiger charge is 1.96. The number of carbonyl (C=O) groups is 1. The smallest absolute Gasteiger partial charge is 0.283 e. The summed E-state index contributed by atoms with van der Waals surface area (Å²) in [6, 6.07) is 10.3. The lowest BCUT2D eigenvalue weighted by atomic mass is 10.1. The Balaban J connectivity index is 2.17. The summed E-state index contributed by atoms with van der Waals surface area (Å²) in [5.41, 5.74) is 1.35. The number of hydrogen-bond acceptors (Lipinski definition) is 1. The van der Waals surface area contributed by atoms with Gasteiger partial charge in [-0.2, -0.15) is 0 Å². The van der Waals surface area contributed by atoms with Crippen molar-refractivity contribution in [3.05, 3.63) is 35.9 Å². The van der Waals surface area contributed by atoms with E-state index in [1.807, 2.05) is 18.2 Å². The lowest BCUT2D eigenvalue weighted by Gasteiger charge is -1.98. The first-order valence-electron chi connectivity index (χ1n) is 4.67. The van der Waals surface area contributed by atoms with Crippen LogP contribution in [-0.4, -0.2) is 12.5 Å². The molecule has 2 N–H and O–H groups in total. The van der Waals surface area contributed by atoms with Gasteiger partial charge in [-0.1, -0.05) is 30.3 Å². The van der Waals surface area contributed by atoms with Gasteiger partial charge in [-0.25, -0.2) is 4.79 Å². The molecule has 0 aliphatic rings. The van der Waals surface area contributed by atoms with Crippen LogP contribution in [0.4, 0.5) is 0 Å². The van der Waals surface area contributed by atoms with Gasteiger partial charge >= 0.3 is 5.91 Å². The molecule has 1 aromatic carbocycles. The molecule has 0 aliphatic carbocycles. The van der Waals surface area contributed by atoms with E-state index in [1.54, 1.807) is 12.2 Å². The highest BCUT2D eigenvalue weighted by molar-refractivity contribution is 5.61. The maximum Gasteiger partial charge on any atom is 0.307 e. The van der Waals surface area contributed by atoms with Crippen LogP contribution < -0.4 is 5.32 Å². The number of quaternary nitrogens is 1. The predicted molar refractivity (Wildman–Crippen MR) is 52.2 cm³/mol. The van der Waals surface area contributed by atoms with Gasteiger partial charge in [0.1, 0.15) is 0 Å². The molecular weight excluding hydrogens is 162 g/mol. The molecule has 0 bridgehead atoms. The van der Waals surface area contributed by atoms with E-state index in [1.165, 1.54) is 5.56 Å². The molecule has 0 spiro atoms. The standard InChI is InChI=1S/C11H15NO/c1-10(13)12-9-5-8-11-6-3-2-4-7-11/h2-4,6-7H,5,8-9H2,1H3,(H,12,13)/p+1. The molecular formula is C11H16NO+. The van der Waals surface area contributed by atoms with Crippen molar-refractivity contribution in [2.45, 2.75) is 19.8 Å².